The van der Waals surface area contributed by atoms with Crippen LogP contribution in [0.2, 0.25) is 0 Å². The van der Waals surface area contributed by atoms with E-state index in [0.717, 1.165) is 5.56 Å². The first-order chi connectivity index (χ1) is 16.4. The van der Waals surface area contributed by atoms with E-state index in [-0.39, 0.29) is 24.1 Å². The lowest BCUT2D eigenvalue weighted by Gasteiger charge is -2.15. The third-order valence-corrected chi connectivity index (χ3v) is 5.28. The number of ether oxygens (including phenoxy) is 1. The van der Waals surface area contributed by atoms with E-state index in [4.69, 9.17) is 4.74 Å². The van der Waals surface area contributed by atoms with Crippen LogP contribution in [-0.2, 0) is 16.1 Å². The van der Waals surface area contributed by atoms with Crippen LogP contribution in [0.5, 0.6) is 5.75 Å². The number of aryl methyl sites for hydroxylation is 1. The Balaban J connectivity index is 1.82. The second kappa shape index (κ2) is 9.58. The van der Waals surface area contributed by atoms with Crippen LogP contribution in [0.3, 0.4) is 0 Å². The van der Waals surface area contributed by atoms with Crippen LogP contribution in [0.15, 0.2) is 71.5 Å². The van der Waals surface area contributed by atoms with E-state index in [1.54, 1.807) is 54.6 Å². The summed E-state index contributed by atoms with van der Waals surface area (Å²) in [6.07, 6.45) is 0. The minimum Gasteiger partial charge on any atom is -0.495 e. The molecule has 0 bridgehead atoms. The SMILES string of the molecule is COc1ccccc1NC(=O)Cn1c(=O)c(-c2cc(C)ccc2NC(C)=O)nc2ccccc21. The monoisotopic (exact) mass is 456 g/mol. The van der Waals surface area contributed by atoms with Crippen molar-refractivity contribution in [2.24, 2.45) is 0 Å². The van der Waals surface area contributed by atoms with Gasteiger partial charge in [0.05, 0.1) is 29.5 Å². The number of aromatic nitrogens is 2. The Morgan fingerprint density at radius 3 is 2.47 bits per heavy atom. The number of fused-ring (bicyclic) bond motifs is 1. The molecular weight excluding hydrogens is 432 g/mol. The molecule has 8 heteroatoms. The molecule has 2 N–H and O–H groups in total. The van der Waals surface area contributed by atoms with Crippen LogP contribution >= 0.6 is 0 Å². The summed E-state index contributed by atoms with van der Waals surface area (Å²) in [6, 6.07) is 19.5. The van der Waals surface area contributed by atoms with Crippen LogP contribution in [-0.4, -0.2) is 28.5 Å². The standard InChI is InChI=1S/C26H24N4O4/c1-16-12-13-19(27-17(2)31)18(14-16)25-26(33)30(22-10-6-4-8-20(22)29-25)15-24(32)28-21-9-5-7-11-23(21)34-3/h4-14H,15H2,1-3H3,(H,27,31)(H,28,32). The summed E-state index contributed by atoms with van der Waals surface area (Å²) in [5, 5.41) is 5.57. The van der Waals surface area contributed by atoms with E-state index in [2.05, 4.69) is 15.6 Å². The summed E-state index contributed by atoms with van der Waals surface area (Å²) in [5.41, 5.74) is 3.17. The number of anilines is 2. The molecule has 0 fully saturated rings. The fourth-order valence-electron chi connectivity index (χ4n) is 3.76. The van der Waals surface area contributed by atoms with Crippen molar-refractivity contribution in [1.29, 1.82) is 0 Å². The summed E-state index contributed by atoms with van der Waals surface area (Å²) in [5.74, 6) is -0.134. The molecule has 0 aliphatic carbocycles. The average Bonchev–Trinajstić information content (AvgIpc) is 2.82. The molecule has 0 saturated heterocycles. The number of carbonyl (C=O) groups is 2. The van der Waals surface area contributed by atoms with Gasteiger partial charge in [0, 0.05) is 12.5 Å². The molecule has 4 aromatic rings. The summed E-state index contributed by atoms with van der Waals surface area (Å²) >= 11 is 0. The van der Waals surface area contributed by atoms with Crippen molar-refractivity contribution in [3.8, 4) is 17.0 Å². The molecular formula is C26H24N4O4. The van der Waals surface area contributed by atoms with Crippen LogP contribution in [0, 0.1) is 6.92 Å². The number of para-hydroxylation sites is 4. The molecule has 0 aliphatic heterocycles. The molecule has 8 nitrogen and oxygen atoms in total. The third kappa shape index (κ3) is 4.66. The Kier molecular flexibility index (Phi) is 6.40. The number of amides is 2. The first kappa shape index (κ1) is 22.7. The predicted octanol–water partition coefficient (Wildman–Crippen LogP) is 3.98. The van der Waals surface area contributed by atoms with Gasteiger partial charge in [0.15, 0.2) is 0 Å². The molecule has 2 amide bonds. The summed E-state index contributed by atoms with van der Waals surface area (Å²) in [7, 11) is 1.52. The molecule has 0 unspecified atom stereocenters. The van der Waals surface area contributed by atoms with Crippen LogP contribution < -0.4 is 20.9 Å². The van der Waals surface area contributed by atoms with Gasteiger partial charge in [-0.15, -0.1) is 0 Å². The molecule has 3 aromatic carbocycles. The van der Waals surface area contributed by atoms with E-state index in [0.29, 0.717) is 33.7 Å². The molecule has 1 heterocycles. The fourth-order valence-corrected chi connectivity index (χ4v) is 3.76. The van der Waals surface area contributed by atoms with Crippen molar-refractivity contribution < 1.29 is 14.3 Å². The fraction of sp³-hybridized carbons (Fsp3) is 0.154. The number of hydrogen-bond acceptors (Lipinski definition) is 5. The predicted molar refractivity (Wildman–Crippen MR) is 132 cm³/mol. The summed E-state index contributed by atoms with van der Waals surface area (Å²) in [6.45, 7) is 3.06. The third-order valence-electron chi connectivity index (χ3n) is 5.28. The van der Waals surface area contributed by atoms with Gasteiger partial charge in [-0.2, -0.15) is 0 Å². The van der Waals surface area contributed by atoms with E-state index in [9.17, 15) is 14.4 Å². The highest BCUT2D eigenvalue weighted by molar-refractivity contribution is 5.95. The Hall–Kier alpha value is -4.46. The molecule has 4 rings (SSSR count). The van der Waals surface area contributed by atoms with Crippen molar-refractivity contribution in [2.75, 3.05) is 17.7 Å². The van der Waals surface area contributed by atoms with Crippen molar-refractivity contribution in [3.05, 3.63) is 82.6 Å². The quantitative estimate of drug-likeness (QED) is 0.457. The molecule has 34 heavy (non-hydrogen) atoms. The van der Waals surface area contributed by atoms with Gasteiger partial charge in [-0.1, -0.05) is 35.9 Å². The van der Waals surface area contributed by atoms with Crippen LogP contribution in [0.25, 0.3) is 22.3 Å². The van der Waals surface area contributed by atoms with Gasteiger partial charge in [0.1, 0.15) is 18.0 Å². The number of hydrogen-bond donors (Lipinski definition) is 2. The molecule has 172 valence electrons. The Morgan fingerprint density at radius 2 is 1.71 bits per heavy atom. The van der Waals surface area contributed by atoms with Crippen LogP contribution in [0.1, 0.15) is 12.5 Å². The number of benzene rings is 3. The zero-order valence-corrected chi connectivity index (χ0v) is 19.1. The maximum atomic E-state index is 13.6. The van der Waals surface area contributed by atoms with Gasteiger partial charge >= 0.3 is 0 Å². The molecule has 1 aromatic heterocycles. The van der Waals surface area contributed by atoms with Gasteiger partial charge in [0.25, 0.3) is 5.56 Å². The smallest absolute Gasteiger partial charge is 0.278 e. The van der Waals surface area contributed by atoms with Gasteiger partial charge in [-0.05, 0) is 43.3 Å². The van der Waals surface area contributed by atoms with Gasteiger partial charge < -0.3 is 15.4 Å². The van der Waals surface area contributed by atoms with E-state index < -0.39 is 5.56 Å². The average molecular weight is 457 g/mol. The molecule has 0 atom stereocenters. The molecule has 0 aliphatic rings. The Labute approximate surface area is 196 Å². The molecule has 0 saturated carbocycles. The summed E-state index contributed by atoms with van der Waals surface area (Å²) < 4.78 is 6.69. The van der Waals surface area contributed by atoms with Crippen molar-refractivity contribution in [2.45, 2.75) is 20.4 Å². The van der Waals surface area contributed by atoms with E-state index >= 15 is 0 Å². The zero-order chi connectivity index (χ0) is 24.2. The highest BCUT2D eigenvalue weighted by Crippen LogP contribution is 2.27. The highest BCUT2D eigenvalue weighted by Gasteiger charge is 2.18. The van der Waals surface area contributed by atoms with Crippen molar-refractivity contribution in [3.63, 3.8) is 0 Å². The van der Waals surface area contributed by atoms with Crippen molar-refractivity contribution in [1.82, 2.24) is 9.55 Å². The lowest BCUT2D eigenvalue weighted by Crippen LogP contribution is -2.30. The Morgan fingerprint density at radius 1 is 0.971 bits per heavy atom. The van der Waals surface area contributed by atoms with Crippen LogP contribution in [0.4, 0.5) is 11.4 Å². The zero-order valence-electron chi connectivity index (χ0n) is 19.1. The maximum absolute atomic E-state index is 13.6. The minimum atomic E-state index is -0.439. The number of nitrogens with zero attached hydrogens (tertiary/aromatic N) is 2. The van der Waals surface area contributed by atoms with Gasteiger partial charge in [-0.3, -0.25) is 19.0 Å². The number of carbonyl (C=O) groups excluding carboxylic acids is 2. The first-order valence-electron chi connectivity index (χ1n) is 10.7. The molecule has 0 radical (unpaired) electrons. The largest absolute Gasteiger partial charge is 0.495 e. The van der Waals surface area contributed by atoms with E-state index in [1.165, 1.54) is 18.6 Å². The number of methoxy groups -OCH3 is 1. The second-order valence-electron chi connectivity index (χ2n) is 7.82. The lowest BCUT2D eigenvalue weighted by atomic mass is 10.1. The topological polar surface area (TPSA) is 102 Å². The van der Waals surface area contributed by atoms with Gasteiger partial charge in [0.2, 0.25) is 11.8 Å². The second-order valence-corrected chi connectivity index (χ2v) is 7.82. The normalized spacial score (nSPS) is 10.7. The van der Waals surface area contributed by atoms with Crippen molar-refractivity contribution >= 4 is 34.2 Å². The maximum Gasteiger partial charge on any atom is 0.278 e. The Bertz CT molecular complexity index is 1460. The first-order valence-corrected chi connectivity index (χ1v) is 10.7. The summed E-state index contributed by atoms with van der Waals surface area (Å²) in [4.78, 5) is 42.9. The molecule has 0 spiro atoms. The van der Waals surface area contributed by atoms with E-state index in [1.807, 2.05) is 19.1 Å². The number of nitrogens with one attached hydrogen (secondary N) is 2. The lowest BCUT2D eigenvalue weighted by molar-refractivity contribution is -0.117. The minimum absolute atomic E-state index is 0.149. The highest BCUT2D eigenvalue weighted by atomic mass is 16.5. The van der Waals surface area contributed by atoms with Gasteiger partial charge in [-0.25, -0.2) is 4.98 Å². The number of rotatable bonds is 6.